The lowest BCUT2D eigenvalue weighted by atomic mass is 9.62. The summed E-state index contributed by atoms with van der Waals surface area (Å²) in [6.45, 7) is 3.17. The second-order valence-electron chi connectivity index (χ2n) is 5.11. The van der Waals surface area contributed by atoms with Crippen LogP contribution in [0, 0.1) is 11.3 Å². The van der Waals surface area contributed by atoms with Gasteiger partial charge in [-0.1, -0.05) is 13.8 Å². The van der Waals surface area contributed by atoms with Gasteiger partial charge in [-0.3, -0.25) is 0 Å². The summed E-state index contributed by atoms with van der Waals surface area (Å²) in [5.74, 6) is 0.333. The maximum atomic E-state index is 13.5. The second kappa shape index (κ2) is 3.54. The lowest BCUT2D eigenvalue weighted by Crippen LogP contribution is -2.41. The molecular formula is C10H19FO2. The van der Waals surface area contributed by atoms with Crippen molar-refractivity contribution in [1.82, 2.24) is 0 Å². The quantitative estimate of drug-likeness (QED) is 0.705. The third-order valence-electron chi connectivity index (χ3n) is 2.90. The van der Waals surface area contributed by atoms with E-state index in [0.717, 1.165) is 12.8 Å². The zero-order valence-electron chi connectivity index (χ0n) is 8.39. The zero-order chi connectivity index (χ0) is 10.1. The largest absolute Gasteiger partial charge is 0.393 e. The number of aliphatic hydroxyl groups is 2. The van der Waals surface area contributed by atoms with Crippen molar-refractivity contribution in [2.75, 3.05) is 13.2 Å². The Bertz CT molecular complexity index is 168. The van der Waals surface area contributed by atoms with Crippen LogP contribution in [0.1, 0.15) is 33.1 Å². The first-order valence-electron chi connectivity index (χ1n) is 4.81. The highest BCUT2D eigenvalue weighted by molar-refractivity contribution is 4.92. The predicted molar refractivity (Wildman–Crippen MR) is 49.1 cm³/mol. The van der Waals surface area contributed by atoms with E-state index in [2.05, 4.69) is 13.8 Å². The smallest absolute Gasteiger partial charge is 0.157 e. The normalized spacial score (nSPS) is 22.8. The molecule has 0 aromatic heterocycles. The maximum Gasteiger partial charge on any atom is 0.157 e. The Kier molecular flexibility index (Phi) is 2.98. The Labute approximate surface area is 78.8 Å². The van der Waals surface area contributed by atoms with Crippen LogP contribution in [0.25, 0.3) is 0 Å². The molecule has 0 saturated heterocycles. The summed E-state index contributed by atoms with van der Waals surface area (Å²) in [6, 6.07) is 0. The third kappa shape index (κ3) is 2.64. The molecule has 1 fully saturated rings. The summed E-state index contributed by atoms with van der Waals surface area (Å²) in [7, 11) is 0. The Hall–Kier alpha value is -0.150. The summed E-state index contributed by atoms with van der Waals surface area (Å²) >= 11 is 0. The van der Waals surface area contributed by atoms with E-state index in [0.29, 0.717) is 17.8 Å². The highest BCUT2D eigenvalue weighted by atomic mass is 19.1. The number of halogens is 1. The average Bonchev–Trinajstić information content (AvgIpc) is 2.01. The SMILES string of the molecule is CC1(C)CC(CC(F)(CO)CO)C1. The predicted octanol–water partition coefficient (Wildman–Crippen LogP) is 1.51. The van der Waals surface area contributed by atoms with E-state index in [4.69, 9.17) is 10.2 Å². The summed E-state index contributed by atoms with van der Waals surface area (Å²) in [4.78, 5) is 0. The fourth-order valence-electron chi connectivity index (χ4n) is 2.34. The molecule has 3 heteroatoms. The van der Waals surface area contributed by atoms with Crippen LogP contribution in [0.3, 0.4) is 0 Å². The van der Waals surface area contributed by atoms with Crippen LogP contribution in [-0.2, 0) is 0 Å². The molecule has 0 heterocycles. The number of rotatable bonds is 4. The molecule has 0 bridgehead atoms. The van der Waals surface area contributed by atoms with Crippen molar-refractivity contribution in [2.45, 2.75) is 38.8 Å². The van der Waals surface area contributed by atoms with E-state index in [1.165, 1.54) is 0 Å². The lowest BCUT2D eigenvalue weighted by molar-refractivity contribution is -0.0335. The van der Waals surface area contributed by atoms with Crippen molar-refractivity contribution in [3.8, 4) is 0 Å². The zero-order valence-corrected chi connectivity index (χ0v) is 8.39. The van der Waals surface area contributed by atoms with Gasteiger partial charge in [-0.25, -0.2) is 4.39 Å². The third-order valence-corrected chi connectivity index (χ3v) is 2.90. The van der Waals surface area contributed by atoms with Gasteiger partial charge in [0.05, 0.1) is 13.2 Å². The number of hydrogen-bond donors (Lipinski definition) is 2. The fourth-order valence-corrected chi connectivity index (χ4v) is 2.34. The van der Waals surface area contributed by atoms with Gasteiger partial charge in [0.25, 0.3) is 0 Å². The first-order chi connectivity index (χ1) is 5.91. The van der Waals surface area contributed by atoms with E-state index >= 15 is 0 Å². The van der Waals surface area contributed by atoms with E-state index in [1.54, 1.807) is 0 Å². The van der Waals surface area contributed by atoms with Gasteiger partial charge >= 0.3 is 0 Å². The number of hydrogen-bond acceptors (Lipinski definition) is 2. The second-order valence-corrected chi connectivity index (χ2v) is 5.11. The standard InChI is InChI=1S/C10H19FO2/c1-9(2)3-8(4-9)5-10(11,6-12)7-13/h8,12-13H,3-7H2,1-2H3. The topological polar surface area (TPSA) is 40.5 Å². The first kappa shape index (κ1) is 10.9. The molecule has 2 N–H and O–H groups in total. The van der Waals surface area contributed by atoms with Gasteiger partial charge in [-0.05, 0) is 30.6 Å². The molecule has 2 nitrogen and oxygen atoms in total. The van der Waals surface area contributed by atoms with Gasteiger partial charge < -0.3 is 10.2 Å². The summed E-state index contributed by atoms with van der Waals surface area (Å²) in [5.41, 5.74) is -1.43. The van der Waals surface area contributed by atoms with Crippen molar-refractivity contribution >= 4 is 0 Å². The van der Waals surface area contributed by atoms with Crippen LogP contribution >= 0.6 is 0 Å². The Morgan fingerprint density at radius 1 is 1.31 bits per heavy atom. The summed E-state index contributed by atoms with van der Waals surface area (Å²) < 4.78 is 13.5. The van der Waals surface area contributed by atoms with Crippen molar-refractivity contribution in [3.63, 3.8) is 0 Å². The van der Waals surface area contributed by atoms with Crippen LogP contribution < -0.4 is 0 Å². The molecule has 1 aliphatic rings. The fraction of sp³-hybridized carbons (Fsp3) is 1.00. The van der Waals surface area contributed by atoms with Crippen LogP contribution in [0.4, 0.5) is 4.39 Å². The van der Waals surface area contributed by atoms with Gasteiger partial charge in [-0.15, -0.1) is 0 Å². The minimum atomic E-state index is -1.76. The van der Waals surface area contributed by atoms with Crippen molar-refractivity contribution in [1.29, 1.82) is 0 Å². The van der Waals surface area contributed by atoms with E-state index in [9.17, 15) is 4.39 Å². The molecule has 0 atom stereocenters. The van der Waals surface area contributed by atoms with E-state index in [1.807, 2.05) is 0 Å². The van der Waals surface area contributed by atoms with Crippen LogP contribution in [0.2, 0.25) is 0 Å². The van der Waals surface area contributed by atoms with Crippen molar-refractivity contribution in [2.24, 2.45) is 11.3 Å². The van der Waals surface area contributed by atoms with Gasteiger partial charge in [0.2, 0.25) is 0 Å². The molecule has 1 aliphatic carbocycles. The molecule has 0 unspecified atom stereocenters. The number of alkyl halides is 1. The number of aliphatic hydroxyl groups excluding tert-OH is 2. The molecule has 0 aromatic carbocycles. The van der Waals surface area contributed by atoms with Gasteiger partial charge in [0.1, 0.15) is 0 Å². The van der Waals surface area contributed by atoms with Crippen LogP contribution in [0.15, 0.2) is 0 Å². The minimum absolute atomic E-state index is 0.295. The molecule has 78 valence electrons. The highest BCUT2D eigenvalue weighted by Crippen LogP contribution is 2.48. The van der Waals surface area contributed by atoms with E-state index < -0.39 is 18.9 Å². The Balaban J connectivity index is 2.34. The Morgan fingerprint density at radius 2 is 1.77 bits per heavy atom. The van der Waals surface area contributed by atoms with Gasteiger partial charge in [-0.2, -0.15) is 0 Å². The Morgan fingerprint density at radius 3 is 2.08 bits per heavy atom. The highest BCUT2D eigenvalue weighted by Gasteiger charge is 2.41. The molecule has 0 radical (unpaired) electrons. The molecule has 1 saturated carbocycles. The average molecular weight is 190 g/mol. The van der Waals surface area contributed by atoms with Crippen molar-refractivity contribution < 1.29 is 14.6 Å². The summed E-state index contributed by atoms with van der Waals surface area (Å²) in [5, 5.41) is 17.5. The molecule has 13 heavy (non-hydrogen) atoms. The lowest BCUT2D eigenvalue weighted by Gasteiger charge is -2.44. The molecule has 1 rings (SSSR count). The van der Waals surface area contributed by atoms with Crippen molar-refractivity contribution in [3.05, 3.63) is 0 Å². The minimum Gasteiger partial charge on any atom is -0.393 e. The van der Waals surface area contributed by atoms with Gasteiger partial charge in [0.15, 0.2) is 5.67 Å². The first-order valence-corrected chi connectivity index (χ1v) is 4.81. The van der Waals surface area contributed by atoms with E-state index in [-0.39, 0.29) is 0 Å². The molecule has 0 spiro atoms. The van der Waals surface area contributed by atoms with Crippen LogP contribution in [0.5, 0.6) is 0 Å². The van der Waals surface area contributed by atoms with Gasteiger partial charge in [0, 0.05) is 0 Å². The molecule has 0 amide bonds. The molecular weight excluding hydrogens is 171 g/mol. The van der Waals surface area contributed by atoms with Crippen LogP contribution in [-0.4, -0.2) is 29.1 Å². The molecule has 0 aliphatic heterocycles. The maximum absolute atomic E-state index is 13.5. The monoisotopic (exact) mass is 190 g/mol. The summed E-state index contributed by atoms with van der Waals surface area (Å²) in [6.07, 6.45) is 2.29. The molecule has 0 aromatic rings.